The van der Waals surface area contributed by atoms with Crippen LogP contribution in [0.2, 0.25) is 0 Å². The molecule has 56 valence electrons. The number of aliphatic hydroxyl groups excluding tert-OH is 1. The van der Waals surface area contributed by atoms with E-state index in [1.54, 1.807) is 18.0 Å². The molecule has 0 saturated heterocycles. The van der Waals surface area contributed by atoms with Gasteiger partial charge >= 0.3 is 0 Å². The molecule has 3 nitrogen and oxygen atoms in total. The minimum absolute atomic E-state index is 0.171. The summed E-state index contributed by atoms with van der Waals surface area (Å²) in [6.45, 7) is 0.806. The highest BCUT2D eigenvalue weighted by Gasteiger charge is 1.97. The summed E-state index contributed by atoms with van der Waals surface area (Å²) < 4.78 is 1.92. The van der Waals surface area contributed by atoms with E-state index < -0.39 is 0 Å². The molecule has 0 unspecified atom stereocenters. The van der Waals surface area contributed by atoms with Crippen LogP contribution >= 0.6 is 11.8 Å². The molecule has 0 aliphatic rings. The Morgan fingerprint density at radius 2 is 2.60 bits per heavy atom. The van der Waals surface area contributed by atoms with Crippen LogP contribution in [0.3, 0.4) is 0 Å². The molecule has 1 aromatic rings. The van der Waals surface area contributed by atoms with E-state index in [1.807, 2.05) is 17.0 Å². The van der Waals surface area contributed by atoms with E-state index in [0.717, 1.165) is 5.16 Å². The van der Waals surface area contributed by atoms with Gasteiger partial charge in [-0.25, -0.2) is 4.98 Å². The Morgan fingerprint density at radius 3 is 3.20 bits per heavy atom. The zero-order valence-electron chi connectivity index (χ0n) is 5.82. The Hall–Kier alpha value is -0.480. The molecule has 0 radical (unpaired) electrons. The lowest BCUT2D eigenvalue weighted by Crippen LogP contribution is -2.01. The maximum atomic E-state index is 8.60. The number of rotatable bonds is 3. The van der Waals surface area contributed by atoms with Gasteiger partial charge in [-0.1, -0.05) is 11.8 Å². The summed E-state index contributed by atoms with van der Waals surface area (Å²) in [7, 11) is 0. The van der Waals surface area contributed by atoms with Gasteiger partial charge in [0.15, 0.2) is 5.16 Å². The van der Waals surface area contributed by atoms with Crippen molar-refractivity contribution < 1.29 is 5.11 Å². The van der Waals surface area contributed by atoms with Gasteiger partial charge < -0.3 is 9.67 Å². The number of imidazole rings is 1. The van der Waals surface area contributed by atoms with E-state index in [9.17, 15) is 0 Å². The standard InChI is InChI=1S/C6H10N2OS/c1-10-6-7-2-3-8(6)4-5-9/h2-3,9H,4-5H2,1H3. The minimum atomic E-state index is 0.171. The van der Waals surface area contributed by atoms with Crippen molar-refractivity contribution in [2.75, 3.05) is 12.9 Å². The lowest BCUT2D eigenvalue weighted by Gasteiger charge is -2.00. The van der Waals surface area contributed by atoms with Crippen LogP contribution in [0.25, 0.3) is 0 Å². The Kier molecular flexibility index (Phi) is 2.77. The monoisotopic (exact) mass is 158 g/mol. The highest BCUT2D eigenvalue weighted by molar-refractivity contribution is 7.98. The molecule has 1 N–H and O–H groups in total. The second kappa shape index (κ2) is 3.63. The number of aliphatic hydroxyl groups is 1. The fourth-order valence-corrected chi connectivity index (χ4v) is 1.32. The molecule has 0 amide bonds. The fourth-order valence-electron chi connectivity index (χ4n) is 0.763. The van der Waals surface area contributed by atoms with Gasteiger partial charge in [0.2, 0.25) is 0 Å². The number of hydrogen-bond donors (Lipinski definition) is 1. The maximum absolute atomic E-state index is 8.60. The van der Waals surface area contributed by atoms with Gasteiger partial charge in [0.25, 0.3) is 0 Å². The van der Waals surface area contributed by atoms with Crippen molar-refractivity contribution in [3.8, 4) is 0 Å². The second-order valence-corrected chi connectivity index (χ2v) is 2.60. The van der Waals surface area contributed by atoms with Gasteiger partial charge in [-0.2, -0.15) is 0 Å². The summed E-state index contributed by atoms with van der Waals surface area (Å²) in [5.41, 5.74) is 0. The van der Waals surface area contributed by atoms with Crippen LogP contribution in [0.4, 0.5) is 0 Å². The molecule has 10 heavy (non-hydrogen) atoms. The zero-order valence-corrected chi connectivity index (χ0v) is 6.64. The molecular weight excluding hydrogens is 148 g/mol. The van der Waals surface area contributed by atoms with E-state index in [4.69, 9.17) is 5.11 Å². The normalized spacial score (nSPS) is 10.2. The van der Waals surface area contributed by atoms with Crippen molar-refractivity contribution in [3.63, 3.8) is 0 Å². The zero-order chi connectivity index (χ0) is 7.40. The van der Waals surface area contributed by atoms with E-state index in [0.29, 0.717) is 6.54 Å². The molecular formula is C6H10N2OS. The van der Waals surface area contributed by atoms with Crippen LogP contribution < -0.4 is 0 Å². The van der Waals surface area contributed by atoms with Crippen molar-refractivity contribution in [2.45, 2.75) is 11.7 Å². The molecule has 0 aromatic carbocycles. The van der Waals surface area contributed by atoms with Crippen molar-refractivity contribution in [1.29, 1.82) is 0 Å². The molecule has 0 spiro atoms. The molecule has 0 fully saturated rings. The summed E-state index contributed by atoms with van der Waals surface area (Å²) in [6.07, 6.45) is 5.57. The predicted molar refractivity (Wildman–Crippen MR) is 41.1 cm³/mol. The average molecular weight is 158 g/mol. The van der Waals surface area contributed by atoms with Crippen LogP contribution in [0.15, 0.2) is 17.6 Å². The van der Waals surface area contributed by atoms with Gasteiger partial charge in [-0.15, -0.1) is 0 Å². The van der Waals surface area contributed by atoms with Crippen molar-refractivity contribution in [3.05, 3.63) is 12.4 Å². The number of hydrogen-bond acceptors (Lipinski definition) is 3. The number of thioether (sulfide) groups is 1. The highest BCUT2D eigenvalue weighted by atomic mass is 32.2. The Labute approximate surface area is 64.1 Å². The lowest BCUT2D eigenvalue weighted by molar-refractivity contribution is 0.271. The summed E-state index contributed by atoms with van der Waals surface area (Å²) in [5.74, 6) is 0. The Morgan fingerprint density at radius 1 is 1.80 bits per heavy atom. The largest absolute Gasteiger partial charge is 0.395 e. The third-order valence-electron chi connectivity index (χ3n) is 1.20. The van der Waals surface area contributed by atoms with E-state index in [-0.39, 0.29) is 6.61 Å². The van der Waals surface area contributed by atoms with Crippen LogP contribution in [-0.4, -0.2) is 27.5 Å². The van der Waals surface area contributed by atoms with E-state index in [2.05, 4.69) is 4.98 Å². The summed E-state index contributed by atoms with van der Waals surface area (Å²) in [6, 6.07) is 0. The minimum Gasteiger partial charge on any atom is -0.395 e. The molecule has 1 heterocycles. The quantitative estimate of drug-likeness (QED) is 0.654. The van der Waals surface area contributed by atoms with Gasteiger partial charge in [0, 0.05) is 18.9 Å². The summed E-state index contributed by atoms with van der Waals surface area (Å²) in [4.78, 5) is 4.07. The topological polar surface area (TPSA) is 38.0 Å². The first kappa shape index (κ1) is 7.63. The van der Waals surface area contributed by atoms with Crippen molar-refractivity contribution >= 4 is 11.8 Å². The molecule has 0 aliphatic heterocycles. The van der Waals surface area contributed by atoms with E-state index in [1.165, 1.54) is 0 Å². The molecule has 0 atom stereocenters. The third-order valence-corrected chi connectivity index (χ3v) is 1.91. The van der Waals surface area contributed by atoms with Crippen LogP contribution in [0.5, 0.6) is 0 Å². The van der Waals surface area contributed by atoms with Gasteiger partial charge in [-0.3, -0.25) is 0 Å². The molecule has 0 aliphatic carbocycles. The molecule has 4 heteroatoms. The van der Waals surface area contributed by atoms with Crippen LogP contribution in [0, 0.1) is 0 Å². The molecule has 0 bridgehead atoms. The first-order valence-electron chi connectivity index (χ1n) is 3.04. The van der Waals surface area contributed by atoms with Crippen molar-refractivity contribution in [2.24, 2.45) is 0 Å². The maximum Gasteiger partial charge on any atom is 0.167 e. The summed E-state index contributed by atoms with van der Waals surface area (Å²) in [5, 5.41) is 9.55. The summed E-state index contributed by atoms with van der Waals surface area (Å²) >= 11 is 1.58. The first-order chi connectivity index (χ1) is 4.88. The Balaban J connectivity index is 2.70. The highest BCUT2D eigenvalue weighted by Crippen LogP contribution is 2.10. The van der Waals surface area contributed by atoms with Crippen molar-refractivity contribution in [1.82, 2.24) is 9.55 Å². The fraction of sp³-hybridized carbons (Fsp3) is 0.500. The SMILES string of the molecule is CSc1nccn1CCO. The van der Waals surface area contributed by atoms with Gasteiger partial charge in [0.1, 0.15) is 0 Å². The van der Waals surface area contributed by atoms with Crippen LogP contribution in [-0.2, 0) is 6.54 Å². The third kappa shape index (κ3) is 1.52. The number of nitrogens with zero attached hydrogens (tertiary/aromatic N) is 2. The smallest absolute Gasteiger partial charge is 0.167 e. The molecule has 1 rings (SSSR count). The second-order valence-electron chi connectivity index (χ2n) is 1.83. The average Bonchev–Trinajstić information content (AvgIpc) is 2.36. The van der Waals surface area contributed by atoms with Gasteiger partial charge in [0.05, 0.1) is 6.61 Å². The Bertz CT molecular complexity index is 199. The van der Waals surface area contributed by atoms with Crippen LogP contribution in [0.1, 0.15) is 0 Å². The lowest BCUT2D eigenvalue weighted by atomic mass is 10.7. The predicted octanol–water partition coefficient (Wildman–Crippen LogP) is 0.597. The molecule has 1 aromatic heterocycles. The van der Waals surface area contributed by atoms with Gasteiger partial charge in [-0.05, 0) is 6.26 Å². The van der Waals surface area contributed by atoms with E-state index >= 15 is 0 Å². The molecule has 0 saturated carbocycles. The number of aromatic nitrogens is 2. The first-order valence-corrected chi connectivity index (χ1v) is 4.27.